The first kappa shape index (κ1) is 61.2. The molecule has 0 amide bonds. The molecule has 0 saturated carbocycles. The Hall–Kier alpha value is -1.81. The van der Waals surface area contributed by atoms with Gasteiger partial charge in [0.1, 0.15) is 12.1 Å². The van der Waals surface area contributed by atoms with Crippen LogP contribution < -0.4 is 5.73 Å². The van der Waals surface area contributed by atoms with Crippen LogP contribution in [0.2, 0.25) is 0 Å². The number of unbranched alkanes of at least 4 members (excludes halogenated alkanes) is 30. The predicted molar refractivity (Wildman–Crippen MR) is 263 cm³/mol. The number of esters is 1. The van der Waals surface area contributed by atoms with Gasteiger partial charge in [0.05, 0.1) is 19.8 Å². The molecule has 63 heavy (non-hydrogen) atoms. The number of hydrogen-bond acceptors (Lipinski definition) is 8. The van der Waals surface area contributed by atoms with Gasteiger partial charge in [0.25, 0.3) is 0 Å². The van der Waals surface area contributed by atoms with Crippen molar-refractivity contribution in [3.05, 3.63) is 36.5 Å². The van der Waals surface area contributed by atoms with Crippen LogP contribution in [0.25, 0.3) is 0 Å². The Bertz CT molecular complexity index is 1150. The fourth-order valence-corrected chi connectivity index (χ4v) is 8.11. The first-order valence-corrected chi connectivity index (χ1v) is 27.5. The Morgan fingerprint density at radius 1 is 0.508 bits per heavy atom. The van der Waals surface area contributed by atoms with Crippen LogP contribution in [0, 0.1) is 0 Å². The van der Waals surface area contributed by atoms with Crippen molar-refractivity contribution >= 4 is 19.8 Å². The molecule has 0 rings (SSSR count). The van der Waals surface area contributed by atoms with E-state index in [4.69, 9.17) is 29.4 Å². The number of ether oxygens (including phenoxy) is 2. The van der Waals surface area contributed by atoms with Crippen LogP contribution in [0.5, 0.6) is 0 Å². The maximum Gasteiger partial charge on any atom is 0.472 e. The van der Waals surface area contributed by atoms with Crippen LogP contribution in [0.15, 0.2) is 36.5 Å². The molecular weight excluding hydrogens is 814 g/mol. The van der Waals surface area contributed by atoms with Gasteiger partial charge in [0, 0.05) is 13.0 Å². The number of aliphatic carboxylic acids is 1. The molecule has 0 saturated heterocycles. The fourth-order valence-electron chi connectivity index (χ4n) is 7.34. The van der Waals surface area contributed by atoms with Crippen molar-refractivity contribution in [3.8, 4) is 0 Å². The lowest BCUT2D eigenvalue weighted by Crippen LogP contribution is -2.34. The highest BCUT2D eigenvalue weighted by molar-refractivity contribution is 7.47. The number of carboxylic acid groups (broad SMARTS) is 1. The molecule has 0 aromatic heterocycles. The van der Waals surface area contributed by atoms with Crippen molar-refractivity contribution in [2.45, 2.75) is 257 Å². The van der Waals surface area contributed by atoms with Gasteiger partial charge in [-0.25, -0.2) is 4.57 Å². The van der Waals surface area contributed by atoms with Crippen molar-refractivity contribution in [3.63, 3.8) is 0 Å². The molecule has 10 nitrogen and oxygen atoms in total. The third-order valence-corrected chi connectivity index (χ3v) is 12.3. The summed E-state index contributed by atoms with van der Waals surface area (Å²) in [7, 11) is -4.62. The van der Waals surface area contributed by atoms with E-state index in [0.717, 1.165) is 51.4 Å². The van der Waals surface area contributed by atoms with Crippen molar-refractivity contribution in [1.82, 2.24) is 0 Å². The van der Waals surface area contributed by atoms with Gasteiger partial charge < -0.3 is 25.2 Å². The number of phosphoric ester groups is 1. The average Bonchev–Trinajstić information content (AvgIpc) is 3.26. The molecule has 3 atom stereocenters. The molecule has 0 aliphatic rings. The second kappa shape index (κ2) is 48.1. The summed E-state index contributed by atoms with van der Waals surface area (Å²) in [4.78, 5) is 33.7. The summed E-state index contributed by atoms with van der Waals surface area (Å²) >= 11 is 0. The molecule has 0 aromatic rings. The maximum absolute atomic E-state index is 12.7. The van der Waals surface area contributed by atoms with Gasteiger partial charge in [-0.2, -0.15) is 0 Å². The van der Waals surface area contributed by atoms with Crippen molar-refractivity contribution in [2.75, 3.05) is 26.4 Å². The number of carboxylic acids is 1. The van der Waals surface area contributed by atoms with Gasteiger partial charge in [-0.3, -0.25) is 18.6 Å². The third-order valence-electron chi connectivity index (χ3n) is 11.4. The Kier molecular flexibility index (Phi) is 46.7. The van der Waals surface area contributed by atoms with E-state index in [0.29, 0.717) is 13.0 Å². The lowest BCUT2D eigenvalue weighted by Gasteiger charge is -2.20. The normalized spacial score (nSPS) is 14.0. The number of carbonyl (C=O) groups is 2. The summed E-state index contributed by atoms with van der Waals surface area (Å²) in [6.07, 6.45) is 56.3. The summed E-state index contributed by atoms with van der Waals surface area (Å²) in [6.45, 7) is 3.89. The Morgan fingerprint density at radius 2 is 0.873 bits per heavy atom. The Balaban J connectivity index is 4.10. The van der Waals surface area contributed by atoms with Crippen molar-refractivity contribution in [1.29, 1.82) is 0 Å². The largest absolute Gasteiger partial charge is 0.480 e. The molecule has 0 aromatic carbocycles. The van der Waals surface area contributed by atoms with Crippen LogP contribution in [0.1, 0.15) is 245 Å². The second-order valence-electron chi connectivity index (χ2n) is 17.6. The SMILES string of the molecule is CCCCCCC/C=C\C/C=C\CCCCCCCCCCCCCCOCC(COP(=O)(O)OCC(N)C(=O)O)OC(=O)CCCCCCCCC/C=C\CCCCCCCC. The molecule has 0 aliphatic heterocycles. The zero-order valence-corrected chi connectivity index (χ0v) is 41.6. The highest BCUT2D eigenvalue weighted by Gasteiger charge is 2.27. The minimum Gasteiger partial charge on any atom is -0.480 e. The molecule has 370 valence electrons. The van der Waals surface area contributed by atoms with Gasteiger partial charge in [-0.05, 0) is 70.6 Å². The Labute approximate surface area is 387 Å². The van der Waals surface area contributed by atoms with E-state index in [1.54, 1.807) is 0 Å². The molecule has 0 aliphatic carbocycles. The average molecular weight is 912 g/mol. The van der Waals surface area contributed by atoms with E-state index in [9.17, 15) is 19.0 Å². The second-order valence-corrected chi connectivity index (χ2v) is 19.1. The Morgan fingerprint density at radius 3 is 1.30 bits per heavy atom. The van der Waals surface area contributed by atoms with Gasteiger partial charge in [0.15, 0.2) is 0 Å². The standard InChI is InChI=1S/C52H98NO9P/c1-3-5-7-9-11-13-15-17-19-21-22-23-24-25-26-27-29-31-33-35-37-39-41-43-45-59-46-49(47-60-63(57,58)61-48-50(53)52(55)56)62-51(54)44-42-40-38-36-34-32-30-28-20-18-16-14-12-10-8-6-4-2/h15,17-18,20-22,49-50H,3-14,16,19,23-48,53H2,1-2H3,(H,55,56)(H,57,58)/b17-15-,20-18-,22-21-. The number of allylic oxidation sites excluding steroid dienone is 6. The van der Waals surface area contributed by atoms with E-state index in [1.165, 1.54) is 167 Å². The van der Waals surface area contributed by atoms with Crippen molar-refractivity contribution < 1.29 is 42.7 Å². The first-order valence-electron chi connectivity index (χ1n) is 26.0. The first-order chi connectivity index (χ1) is 30.7. The van der Waals surface area contributed by atoms with Gasteiger partial charge in [-0.15, -0.1) is 0 Å². The van der Waals surface area contributed by atoms with Gasteiger partial charge in [-0.1, -0.05) is 204 Å². The molecule has 3 unspecified atom stereocenters. The zero-order valence-electron chi connectivity index (χ0n) is 40.7. The summed E-state index contributed by atoms with van der Waals surface area (Å²) in [5.74, 6) is -1.78. The van der Waals surface area contributed by atoms with Gasteiger partial charge >= 0.3 is 19.8 Å². The molecule has 0 bridgehead atoms. The van der Waals surface area contributed by atoms with E-state index in [-0.39, 0.29) is 13.0 Å². The predicted octanol–water partition coefficient (Wildman–Crippen LogP) is 15.2. The molecular formula is C52H98NO9P. The lowest BCUT2D eigenvalue weighted by atomic mass is 10.0. The molecule has 4 N–H and O–H groups in total. The van der Waals surface area contributed by atoms with Crippen LogP contribution in [0.4, 0.5) is 0 Å². The van der Waals surface area contributed by atoms with E-state index in [1.807, 2.05) is 0 Å². The van der Waals surface area contributed by atoms with Crippen LogP contribution in [-0.4, -0.2) is 60.5 Å². The number of carbonyl (C=O) groups excluding carboxylic acids is 1. The fraction of sp³-hybridized carbons (Fsp3) is 0.846. The van der Waals surface area contributed by atoms with Crippen LogP contribution in [0.3, 0.4) is 0 Å². The van der Waals surface area contributed by atoms with E-state index >= 15 is 0 Å². The van der Waals surface area contributed by atoms with Crippen molar-refractivity contribution in [2.24, 2.45) is 5.73 Å². The molecule has 0 fully saturated rings. The summed E-state index contributed by atoms with van der Waals surface area (Å²) in [6, 6.07) is -1.47. The highest BCUT2D eigenvalue weighted by Crippen LogP contribution is 2.43. The summed E-state index contributed by atoms with van der Waals surface area (Å²) in [5.41, 5.74) is 5.37. The molecule has 0 spiro atoms. The molecule has 0 heterocycles. The molecule has 0 radical (unpaired) electrons. The minimum absolute atomic E-state index is 0.0161. The molecule has 11 heteroatoms. The number of nitrogens with two attached hydrogens (primary N) is 1. The summed E-state index contributed by atoms with van der Waals surface area (Å²) in [5, 5.41) is 8.93. The number of hydrogen-bond donors (Lipinski definition) is 3. The lowest BCUT2D eigenvalue weighted by molar-refractivity contribution is -0.154. The number of rotatable bonds is 50. The number of phosphoric acid groups is 1. The topological polar surface area (TPSA) is 155 Å². The highest BCUT2D eigenvalue weighted by atomic mass is 31.2. The van der Waals surface area contributed by atoms with Crippen LogP contribution in [-0.2, 0) is 32.7 Å². The van der Waals surface area contributed by atoms with Crippen LogP contribution >= 0.6 is 7.82 Å². The zero-order chi connectivity index (χ0) is 46.2. The van der Waals surface area contributed by atoms with Gasteiger partial charge in [0.2, 0.25) is 0 Å². The smallest absolute Gasteiger partial charge is 0.472 e. The third kappa shape index (κ3) is 48.0. The minimum atomic E-state index is -4.62. The van der Waals surface area contributed by atoms with E-state index in [2.05, 4.69) is 50.3 Å². The summed E-state index contributed by atoms with van der Waals surface area (Å²) < 4.78 is 33.5. The monoisotopic (exact) mass is 912 g/mol. The quantitative estimate of drug-likeness (QED) is 0.0232. The maximum atomic E-state index is 12.7. The van der Waals surface area contributed by atoms with E-state index < -0.39 is 45.1 Å².